The highest BCUT2D eigenvalue weighted by molar-refractivity contribution is 5.96. The standard InChI is InChI=1S/C9H9F2N3O/c10-5-1-2-14-9(5)12-8(13-14)7(15)4-3-6(4)11/h4-6H,1-3H2/t4-,5-,6+/m1/s1. The molecule has 0 bridgehead atoms. The molecule has 2 heterocycles. The van der Waals surface area contributed by atoms with Gasteiger partial charge in [0.1, 0.15) is 6.17 Å². The van der Waals surface area contributed by atoms with Crippen molar-refractivity contribution in [3.8, 4) is 0 Å². The summed E-state index contributed by atoms with van der Waals surface area (Å²) in [5.41, 5.74) is 0. The van der Waals surface area contributed by atoms with Crippen molar-refractivity contribution >= 4 is 5.78 Å². The van der Waals surface area contributed by atoms with Crippen molar-refractivity contribution in [3.63, 3.8) is 0 Å². The molecule has 0 aromatic carbocycles. The number of aryl methyl sites for hydroxylation is 1. The first kappa shape index (κ1) is 8.94. The van der Waals surface area contributed by atoms with Crippen LogP contribution in [0.25, 0.3) is 0 Å². The van der Waals surface area contributed by atoms with Crippen LogP contribution in [0.1, 0.15) is 35.5 Å². The Morgan fingerprint density at radius 3 is 2.80 bits per heavy atom. The van der Waals surface area contributed by atoms with Gasteiger partial charge in [-0.05, 0) is 6.42 Å². The minimum atomic E-state index is -1.14. The maximum absolute atomic E-state index is 13.2. The predicted molar refractivity (Wildman–Crippen MR) is 45.8 cm³/mol. The van der Waals surface area contributed by atoms with Crippen LogP contribution in [0.4, 0.5) is 8.78 Å². The molecule has 3 rings (SSSR count). The second kappa shape index (κ2) is 2.84. The van der Waals surface area contributed by atoms with E-state index in [1.165, 1.54) is 4.68 Å². The zero-order chi connectivity index (χ0) is 10.6. The summed E-state index contributed by atoms with van der Waals surface area (Å²) in [4.78, 5) is 15.4. The summed E-state index contributed by atoms with van der Waals surface area (Å²) >= 11 is 0. The molecular formula is C9H9F2N3O. The van der Waals surface area contributed by atoms with Crippen LogP contribution in [-0.4, -0.2) is 26.7 Å². The zero-order valence-corrected chi connectivity index (χ0v) is 7.86. The molecule has 15 heavy (non-hydrogen) atoms. The molecule has 0 spiro atoms. The monoisotopic (exact) mass is 213 g/mol. The predicted octanol–water partition coefficient (Wildman–Crippen LogP) is 1.23. The van der Waals surface area contributed by atoms with Crippen molar-refractivity contribution < 1.29 is 13.6 Å². The van der Waals surface area contributed by atoms with Gasteiger partial charge in [0.2, 0.25) is 11.6 Å². The fourth-order valence-electron chi connectivity index (χ4n) is 1.82. The number of Topliss-reactive ketones (excluding diaryl/α,β-unsaturated/α-hetero) is 1. The molecule has 1 fully saturated rings. The van der Waals surface area contributed by atoms with Gasteiger partial charge in [-0.15, -0.1) is 5.10 Å². The lowest BCUT2D eigenvalue weighted by Crippen LogP contribution is -2.07. The lowest BCUT2D eigenvalue weighted by Gasteiger charge is -1.92. The Morgan fingerprint density at radius 2 is 2.20 bits per heavy atom. The number of hydrogen-bond donors (Lipinski definition) is 0. The number of carbonyl (C=O) groups excluding carboxylic acids is 1. The molecule has 3 atom stereocenters. The van der Waals surface area contributed by atoms with Crippen LogP contribution in [0.15, 0.2) is 0 Å². The van der Waals surface area contributed by atoms with E-state index in [-0.39, 0.29) is 18.1 Å². The van der Waals surface area contributed by atoms with Crippen LogP contribution in [0.2, 0.25) is 0 Å². The van der Waals surface area contributed by atoms with E-state index in [0.29, 0.717) is 13.0 Å². The summed E-state index contributed by atoms with van der Waals surface area (Å²) in [6.07, 6.45) is -1.59. The maximum Gasteiger partial charge on any atom is 0.218 e. The molecule has 0 N–H and O–H groups in total. The number of nitrogens with zero attached hydrogens (tertiary/aromatic N) is 3. The molecule has 4 nitrogen and oxygen atoms in total. The molecule has 0 radical (unpaired) electrons. The van der Waals surface area contributed by atoms with Gasteiger partial charge in [0, 0.05) is 13.0 Å². The van der Waals surface area contributed by atoms with Crippen LogP contribution in [0, 0.1) is 5.92 Å². The molecule has 0 saturated heterocycles. The van der Waals surface area contributed by atoms with Gasteiger partial charge in [-0.25, -0.2) is 18.4 Å². The summed E-state index contributed by atoms with van der Waals surface area (Å²) in [7, 11) is 0. The van der Waals surface area contributed by atoms with Crippen LogP contribution in [0.3, 0.4) is 0 Å². The minimum Gasteiger partial charge on any atom is -0.290 e. The Balaban J connectivity index is 1.88. The van der Waals surface area contributed by atoms with Crippen LogP contribution in [0.5, 0.6) is 0 Å². The summed E-state index contributed by atoms with van der Waals surface area (Å²) in [6, 6.07) is 0. The van der Waals surface area contributed by atoms with Crippen LogP contribution < -0.4 is 0 Å². The van der Waals surface area contributed by atoms with Crippen molar-refractivity contribution in [2.75, 3.05) is 0 Å². The van der Waals surface area contributed by atoms with Gasteiger partial charge in [0.15, 0.2) is 12.0 Å². The number of hydrogen-bond acceptors (Lipinski definition) is 3. The summed E-state index contributed by atoms with van der Waals surface area (Å²) < 4.78 is 27.2. The highest BCUT2D eigenvalue weighted by Gasteiger charge is 2.46. The second-order valence-corrected chi connectivity index (χ2v) is 4.00. The van der Waals surface area contributed by atoms with Crippen LogP contribution in [-0.2, 0) is 6.54 Å². The zero-order valence-electron chi connectivity index (χ0n) is 7.86. The largest absolute Gasteiger partial charge is 0.290 e. The van der Waals surface area contributed by atoms with Gasteiger partial charge < -0.3 is 0 Å². The minimum absolute atomic E-state index is 0.0301. The maximum atomic E-state index is 13.2. The molecule has 6 heteroatoms. The normalized spacial score (nSPS) is 32.8. The van der Waals surface area contributed by atoms with Crippen molar-refractivity contribution in [3.05, 3.63) is 11.6 Å². The lowest BCUT2D eigenvalue weighted by atomic mass is 10.2. The molecule has 1 aromatic heterocycles. The van der Waals surface area contributed by atoms with E-state index >= 15 is 0 Å². The third kappa shape index (κ3) is 1.27. The molecule has 80 valence electrons. The van der Waals surface area contributed by atoms with Crippen molar-refractivity contribution in [2.24, 2.45) is 5.92 Å². The first-order chi connectivity index (χ1) is 7.16. The van der Waals surface area contributed by atoms with E-state index in [4.69, 9.17) is 0 Å². The molecule has 2 aliphatic rings. The van der Waals surface area contributed by atoms with E-state index in [2.05, 4.69) is 10.1 Å². The first-order valence-electron chi connectivity index (χ1n) is 4.94. The number of rotatable bonds is 2. The Hall–Kier alpha value is -1.33. The first-order valence-corrected chi connectivity index (χ1v) is 4.94. The lowest BCUT2D eigenvalue weighted by molar-refractivity contribution is 0.0946. The number of alkyl halides is 2. The SMILES string of the molecule is O=C(c1nc2n(n1)CC[C@H]2F)[C@@H]1C[C@@H]1F. The topological polar surface area (TPSA) is 47.8 Å². The molecule has 0 amide bonds. The van der Waals surface area contributed by atoms with Crippen molar-refractivity contribution in [2.45, 2.75) is 31.7 Å². The fourth-order valence-corrected chi connectivity index (χ4v) is 1.82. The average molecular weight is 213 g/mol. The molecule has 1 aromatic rings. The third-order valence-electron chi connectivity index (χ3n) is 2.84. The molecule has 0 unspecified atom stereocenters. The Kier molecular flexibility index (Phi) is 1.69. The quantitative estimate of drug-likeness (QED) is 0.694. The van der Waals surface area contributed by atoms with Crippen molar-refractivity contribution in [1.29, 1.82) is 0 Å². The molecular weight excluding hydrogens is 204 g/mol. The summed E-state index contributed by atoms with van der Waals surface area (Å²) in [5.74, 6) is -0.810. The van der Waals surface area contributed by atoms with Gasteiger partial charge >= 0.3 is 0 Å². The van der Waals surface area contributed by atoms with E-state index in [1.54, 1.807) is 0 Å². The highest BCUT2D eigenvalue weighted by Crippen LogP contribution is 2.36. The second-order valence-electron chi connectivity index (χ2n) is 4.00. The summed E-state index contributed by atoms with van der Waals surface area (Å²) in [5, 5.41) is 3.89. The highest BCUT2D eigenvalue weighted by atomic mass is 19.1. The molecule has 1 saturated carbocycles. The van der Waals surface area contributed by atoms with E-state index < -0.39 is 24.0 Å². The number of ketones is 1. The Morgan fingerprint density at radius 1 is 1.47 bits per heavy atom. The van der Waals surface area contributed by atoms with Gasteiger partial charge in [0.05, 0.1) is 5.92 Å². The third-order valence-corrected chi connectivity index (χ3v) is 2.84. The van der Waals surface area contributed by atoms with Crippen LogP contribution >= 0.6 is 0 Å². The van der Waals surface area contributed by atoms with E-state index in [9.17, 15) is 13.6 Å². The molecule has 1 aliphatic heterocycles. The number of aromatic nitrogens is 3. The fraction of sp³-hybridized carbons (Fsp3) is 0.667. The smallest absolute Gasteiger partial charge is 0.218 e. The summed E-state index contributed by atoms with van der Waals surface area (Å²) in [6.45, 7) is 0.445. The average Bonchev–Trinajstić information content (AvgIpc) is 2.66. The van der Waals surface area contributed by atoms with Gasteiger partial charge in [0.25, 0.3) is 0 Å². The number of halogens is 2. The Labute approximate surface area is 84.3 Å². The van der Waals surface area contributed by atoms with Crippen molar-refractivity contribution in [1.82, 2.24) is 14.8 Å². The number of carbonyl (C=O) groups is 1. The molecule has 1 aliphatic carbocycles. The van der Waals surface area contributed by atoms with Gasteiger partial charge in [-0.1, -0.05) is 0 Å². The van der Waals surface area contributed by atoms with E-state index in [1.807, 2.05) is 0 Å². The Bertz CT molecular complexity index is 431. The van der Waals surface area contributed by atoms with Gasteiger partial charge in [-0.2, -0.15) is 0 Å². The van der Waals surface area contributed by atoms with E-state index in [0.717, 1.165) is 0 Å². The van der Waals surface area contributed by atoms with Gasteiger partial charge in [-0.3, -0.25) is 4.79 Å². The number of fused-ring (bicyclic) bond motifs is 1.